The first-order valence-corrected chi connectivity index (χ1v) is 10.8. The van der Waals surface area contributed by atoms with Crippen molar-refractivity contribution in [3.8, 4) is 0 Å². The zero-order chi connectivity index (χ0) is 19.9. The maximum Gasteiger partial charge on any atom is 0.344 e. The van der Waals surface area contributed by atoms with E-state index in [2.05, 4.69) is 15.7 Å². The zero-order valence-electron chi connectivity index (χ0n) is 17.8. The summed E-state index contributed by atoms with van der Waals surface area (Å²) in [6, 6.07) is 0.593. The standard InChI is InChI=1S/C20H34N4O4.2ClH/c1-15(20(27)28-22-18(25)16-5-3-2-4-6-16)19(26)24-13-11-23(12-14-24)17-7-9-21-10-8-17;;/h15-17,21H,2-14H2,1H3,(H,22,25);2*1H. The molecule has 30 heavy (non-hydrogen) atoms. The maximum atomic E-state index is 12.7. The summed E-state index contributed by atoms with van der Waals surface area (Å²) < 4.78 is 0. The van der Waals surface area contributed by atoms with Crippen LogP contribution in [0.3, 0.4) is 0 Å². The number of amides is 2. The van der Waals surface area contributed by atoms with Gasteiger partial charge in [-0.3, -0.25) is 14.5 Å². The second-order valence-electron chi connectivity index (χ2n) is 8.29. The van der Waals surface area contributed by atoms with Crippen LogP contribution < -0.4 is 10.8 Å². The minimum Gasteiger partial charge on any atom is -0.340 e. The monoisotopic (exact) mass is 466 g/mol. The molecule has 0 spiro atoms. The molecule has 8 nitrogen and oxygen atoms in total. The Labute approximate surface area is 191 Å². The van der Waals surface area contributed by atoms with Crippen LogP contribution in [-0.4, -0.2) is 72.9 Å². The maximum absolute atomic E-state index is 12.7. The van der Waals surface area contributed by atoms with Crippen LogP contribution >= 0.6 is 24.8 Å². The molecule has 1 aliphatic carbocycles. The van der Waals surface area contributed by atoms with Gasteiger partial charge in [-0.05, 0) is 45.7 Å². The van der Waals surface area contributed by atoms with Crippen molar-refractivity contribution in [2.45, 2.75) is 57.9 Å². The molecule has 1 unspecified atom stereocenters. The van der Waals surface area contributed by atoms with Gasteiger partial charge in [0.25, 0.3) is 5.91 Å². The van der Waals surface area contributed by atoms with E-state index in [4.69, 9.17) is 4.84 Å². The number of piperazine rings is 1. The highest BCUT2D eigenvalue weighted by atomic mass is 35.5. The molecule has 0 bridgehead atoms. The van der Waals surface area contributed by atoms with E-state index in [1.807, 2.05) is 0 Å². The van der Waals surface area contributed by atoms with Crippen molar-refractivity contribution in [1.29, 1.82) is 0 Å². The molecule has 1 saturated carbocycles. The lowest BCUT2D eigenvalue weighted by Gasteiger charge is -2.41. The van der Waals surface area contributed by atoms with Crippen LogP contribution in [-0.2, 0) is 19.2 Å². The lowest BCUT2D eigenvalue weighted by Crippen LogP contribution is -2.55. The van der Waals surface area contributed by atoms with Gasteiger partial charge in [0.15, 0.2) is 0 Å². The predicted octanol–water partition coefficient (Wildman–Crippen LogP) is 1.52. The molecule has 2 amide bonds. The van der Waals surface area contributed by atoms with Crippen molar-refractivity contribution in [2.24, 2.45) is 11.8 Å². The number of hydrogen-bond donors (Lipinski definition) is 2. The first-order valence-electron chi connectivity index (χ1n) is 10.8. The van der Waals surface area contributed by atoms with Crippen molar-refractivity contribution in [3.63, 3.8) is 0 Å². The Morgan fingerprint density at radius 3 is 2.13 bits per heavy atom. The molecule has 2 saturated heterocycles. The number of hydroxylamine groups is 1. The van der Waals surface area contributed by atoms with Gasteiger partial charge in [-0.15, -0.1) is 24.8 Å². The van der Waals surface area contributed by atoms with E-state index in [1.165, 1.54) is 0 Å². The molecule has 10 heteroatoms. The molecular formula is C20H36Cl2N4O4. The fourth-order valence-corrected chi connectivity index (χ4v) is 4.49. The van der Waals surface area contributed by atoms with Gasteiger partial charge in [0.05, 0.1) is 0 Å². The summed E-state index contributed by atoms with van der Waals surface area (Å²) in [5, 5.41) is 3.38. The molecule has 1 atom stereocenters. The number of piperidine rings is 1. The molecule has 3 fully saturated rings. The average molecular weight is 467 g/mol. The number of hydrogen-bond acceptors (Lipinski definition) is 6. The SMILES string of the molecule is CC(C(=O)ONC(=O)C1CCCCC1)C(=O)N1CCN(C2CCNCC2)CC1.Cl.Cl. The van der Waals surface area contributed by atoms with Crippen LogP contribution in [0.4, 0.5) is 0 Å². The number of rotatable bonds is 4. The van der Waals surface area contributed by atoms with E-state index in [1.54, 1.807) is 11.8 Å². The molecule has 0 aromatic carbocycles. The number of carbonyl (C=O) groups is 3. The summed E-state index contributed by atoms with van der Waals surface area (Å²) in [7, 11) is 0. The van der Waals surface area contributed by atoms with Gasteiger partial charge in [0, 0.05) is 38.1 Å². The van der Waals surface area contributed by atoms with Gasteiger partial charge in [-0.2, -0.15) is 5.48 Å². The summed E-state index contributed by atoms with van der Waals surface area (Å²) in [6.45, 7) is 6.62. The molecule has 0 aromatic rings. The topological polar surface area (TPSA) is 91.0 Å². The largest absolute Gasteiger partial charge is 0.344 e. The fourth-order valence-electron chi connectivity index (χ4n) is 4.49. The quantitative estimate of drug-likeness (QED) is 0.481. The molecule has 3 aliphatic rings. The number of halogens is 2. The van der Waals surface area contributed by atoms with Gasteiger partial charge >= 0.3 is 5.97 Å². The van der Waals surface area contributed by atoms with Gasteiger partial charge < -0.3 is 15.1 Å². The second-order valence-corrected chi connectivity index (χ2v) is 8.29. The Balaban J connectivity index is 0.00000225. The lowest BCUT2D eigenvalue weighted by atomic mass is 9.89. The highest BCUT2D eigenvalue weighted by Crippen LogP contribution is 2.23. The summed E-state index contributed by atoms with van der Waals surface area (Å²) in [4.78, 5) is 46.1. The van der Waals surface area contributed by atoms with Crippen LogP contribution in [0.25, 0.3) is 0 Å². The second kappa shape index (κ2) is 13.3. The predicted molar refractivity (Wildman–Crippen MR) is 119 cm³/mol. The Kier molecular flexibility index (Phi) is 12.0. The number of nitrogens with one attached hydrogen (secondary N) is 2. The normalized spacial score (nSPS) is 22.2. The van der Waals surface area contributed by atoms with Crippen molar-refractivity contribution in [2.75, 3.05) is 39.3 Å². The van der Waals surface area contributed by atoms with Crippen molar-refractivity contribution < 1.29 is 19.2 Å². The third-order valence-corrected chi connectivity index (χ3v) is 6.40. The molecule has 3 rings (SSSR count). The highest BCUT2D eigenvalue weighted by molar-refractivity contribution is 5.97. The minimum atomic E-state index is -0.905. The molecule has 2 aliphatic heterocycles. The van der Waals surface area contributed by atoms with Crippen molar-refractivity contribution in [1.82, 2.24) is 20.6 Å². The summed E-state index contributed by atoms with van der Waals surface area (Å²) in [5.74, 6) is -2.15. The smallest absolute Gasteiger partial charge is 0.340 e. The van der Waals surface area contributed by atoms with Crippen molar-refractivity contribution >= 4 is 42.6 Å². The van der Waals surface area contributed by atoms with Crippen LogP contribution in [0, 0.1) is 11.8 Å². The van der Waals surface area contributed by atoms with E-state index in [0.29, 0.717) is 19.1 Å². The third kappa shape index (κ3) is 7.25. The van der Waals surface area contributed by atoms with Crippen molar-refractivity contribution in [3.05, 3.63) is 0 Å². The van der Waals surface area contributed by atoms with Crippen LogP contribution in [0.2, 0.25) is 0 Å². The number of nitrogens with zero attached hydrogens (tertiary/aromatic N) is 2. The van der Waals surface area contributed by atoms with Crippen LogP contribution in [0.15, 0.2) is 0 Å². The summed E-state index contributed by atoms with van der Waals surface area (Å²) in [5.41, 5.74) is 2.27. The fraction of sp³-hybridized carbons (Fsp3) is 0.850. The first-order chi connectivity index (χ1) is 13.6. The number of carbonyl (C=O) groups excluding carboxylic acids is 3. The Morgan fingerprint density at radius 2 is 1.53 bits per heavy atom. The van der Waals surface area contributed by atoms with E-state index in [-0.39, 0.29) is 42.5 Å². The Morgan fingerprint density at radius 1 is 0.933 bits per heavy atom. The average Bonchev–Trinajstić information content (AvgIpc) is 2.77. The highest BCUT2D eigenvalue weighted by Gasteiger charge is 2.33. The Hall–Kier alpha value is -1.09. The lowest BCUT2D eigenvalue weighted by molar-refractivity contribution is -0.167. The summed E-state index contributed by atoms with van der Waals surface area (Å²) >= 11 is 0. The molecule has 0 radical (unpaired) electrons. The van der Waals surface area contributed by atoms with E-state index < -0.39 is 11.9 Å². The van der Waals surface area contributed by atoms with Crippen LogP contribution in [0.1, 0.15) is 51.9 Å². The molecule has 2 heterocycles. The molecular weight excluding hydrogens is 431 g/mol. The van der Waals surface area contributed by atoms with Gasteiger partial charge in [0.2, 0.25) is 5.91 Å². The van der Waals surface area contributed by atoms with E-state index in [0.717, 1.165) is 71.1 Å². The first kappa shape index (κ1) is 26.9. The summed E-state index contributed by atoms with van der Waals surface area (Å²) in [6.07, 6.45) is 7.18. The molecule has 0 aromatic heterocycles. The molecule has 2 N–H and O–H groups in total. The van der Waals surface area contributed by atoms with Gasteiger partial charge in [-0.25, -0.2) is 4.79 Å². The zero-order valence-corrected chi connectivity index (χ0v) is 19.4. The minimum absolute atomic E-state index is 0. The van der Waals surface area contributed by atoms with E-state index in [9.17, 15) is 14.4 Å². The molecule has 174 valence electrons. The van der Waals surface area contributed by atoms with Gasteiger partial charge in [0.1, 0.15) is 5.92 Å². The van der Waals surface area contributed by atoms with E-state index >= 15 is 0 Å². The third-order valence-electron chi connectivity index (χ3n) is 6.40. The van der Waals surface area contributed by atoms with Gasteiger partial charge in [-0.1, -0.05) is 19.3 Å². The van der Waals surface area contributed by atoms with Crippen LogP contribution in [0.5, 0.6) is 0 Å². The Bertz CT molecular complexity index is 561.